The van der Waals surface area contributed by atoms with Crippen LogP contribution < -0.4 is 9.47 Å². The lowest BCUT2D eigenvalue weighted by Gasteiger charge is -2.12. The standard InChI is InChI=1S/C30H46O5/c1-3-4-5-6-7-8-9-10-11-12-19-35-30-18-15-27(22-25(30)2)26-13-16-29(17-14-26)34-21-20-33-24-28(32)23-31/h13-18,22,28,31-32H,3-12,19-21,23-24H2,1-2H3. The molecule has 196 valence electrons. The van der Waals surface area contributed by atoms with Gasteiger partial charge in [0.1, 0.15) is 24.2 Å². The molecule has 0 amide bonds. The van der Waals surface area contributed by atoms with E-state index in [1.165, 1.54) is 57.8 Å². The molecular formula is C30H46O5. The Labute approximate surface area is 212 Å². The van der Waals surface area contributed by atoms with Gasteiger partial charge in [-0.15, -0.1) is 0 Å². The predicted molar refractivity (Wildman–Crippen MR) is 143 cm³/mol. The van der Waals surface area contributed by atoms with Crippen LogP contribution in [0, 0.1) is 6.92 Å². The SMILES string of the molecule is CCCCCCCCCCCCOc1ccc(-c2ccc(OCCOCC(O)CO)cc2)cc1C. The van der Waals surface area contributed by atoms with Crippen molar-refractivity contribution < 1.29 is 24.4 Å². The van der Waals surface area contributed by atoms with Crippen LogP contribution in [0.2, 0.25) is 0 Å². The molecule has 5 heteroatoms. The molecule has 2 aromatic carbocycles. The van der Waals surface area contributed by atoms with Gasteiger partial charge in [-0.3, -0.25) is 0 Å². The van der Waals surface area contributed by atoms with Crippen molar-refractivity contribution >= 4 is 0 Å². The average molecular weight is 487 g/mol. The quantitative estimate of drug-likeness (QED) is 0.204. The molecule has 0 radical (unpaired) electrons. The van der Waals surface area contributed by atoms with E-state index >= 15 is 0 Å². The van der Waals surface area contributed by atoms with Gasteiger partial charge in [0.05, 0.1) is 26.4 Å². The maximum atomic E-state index is 9.24. The van der Waals surface area contributed by atoms with Crippen molar-refractivity contribution in [2.75, 3.05) is 33.0 Å². The van der Waals surface area contributed by atoms with Crippen LogP contribution in [0.15, 0.2) is 42.5 Å². The number of hydrogen-bond donors (Lipinski definition) is 2. The summed E-state index contributed by atoms with van der Waals surface area (Å²) in [5, 5.41) is 18.0. The van der Waals surface area contributed by atoms with E-state index in [0.29, 0.717) is 13.2 Å². The molecule has 35 heavy (non-hydrogen) atoms. The fourth-order valence-electron chi connectivity index (χ4n) is 4.00. The number of benzene rings is 2. The lowest BCUT2D eigenvalue weighted by atomic mass is 10.0. The first-order valence-corrected chi connectivity index (χ1v) is 13.5. The first kappa shape index (κ1) is 29.2. The lowest BCUT2D eigenvalue weighted by molar-refractivity contribution is -0.00138. The molecule has 0 aromatic heterocycles. The van der Waals surface area contributed by atoms with Crippen LogP contribution in [-0.2, 0) is 4.74 Å². The zero-order valence-corrected chi connectivity index (χ0v) is 21.8. The number of aryl methyl sites for hydroxylation is 1. The number of aliphatic hydroxyl groups excluding tert-OH is 2. The molecule has 0 saturated carbocycles. The minimum atomic E-state index is -0.839. The first-order valence-electron chi connectivity index (χ1n) is 13.5. The molecule has 5 nitrogen and oxygen atoms in total. The highest BCUT2D eigenvalue weighted by Gasteiger charge is 2.05. The van der Waals surface area contributed by atoms with E-state index in [0.717, 1.165) is 41.2 Å². The molecular weight excluding hydrogens is 440 g/mol. The van der Waals surface area contributed by atoms with E-state index in [1.807, 2.05) is 24.3 Å². The van der Waals surface area contributed by atoms with Crippen molar-refractivity contribution in [3.05, 3.63) is 48.0 Å². The van der Waals surface area contributed by atoms with Gasteiger partial charge < -0.3 is 24.4 Å². The van der Waals surface area contributed by atoms with E-state index < -0.39 is 6.10 Å². The summed E-state index contributed by atoms with van der Waals surface area (Å²) in [5.74, 6) is 1.74. The van der Waals surface area contributed by atoms with Gasteiger partial charge in [-0.05, 0) is 54.3 Å². The van der Waals surface area contributed by atoms with Crippen LogP contribution in [0.25, 0.3) is 11.1 Å². The van der Waals surface area contributed by atoms with E-state index in [4.69, 9.17) is 19.3 Å². The van der Waals surface area contributed by atoms with Crippen LogP contribution >= 0.6 is 0 Å². The van der Waals surface area contributed by atoms with Crippen LogP contribution in [0.5, 0.6) is 11.5 Å². The Balaban J connectivity index is 1.64. The Hall–Kier alpha value is -2.08. The van der Waals surface area contributed by atoms with Crippen molar-refractivity contribution in [1.82, 2.24) is 0 Å². The largest absolute Gasteiger partial charge is 0.493 e. The summed E-state index contributed by atoms with van der Waals surface area (Å²) >= 11 is 0. The van der Waals surface area contributed by atoms with Crippen LogP contribution in [0.1, 0.15) is 76.7 Å². The maximum absolute atomic E-state index is 9.24. The minimum absolute atomic E-state index is 0.108. The highest BCUT2D eigenvalue weighted by atomic mass is 16.5. The number of unbranched alkanes of at least 4 members (excludes halogenated alkanes) is 9. The van der Waals surface area contributed by atoms with Crippen molar-refractivity contribution in [1.29, 1.82) is 0 Å². The average Bonchev–Trinajstić information content (AvgIpc) is 2.88. The smallest absolute Gasteiger partial charge is 0.122 e. The molecule has 1 atom stereocenters. The summed E-state index contributed by atoms with van der Waals surface area (Å²) < 4.78 is 17.0. The molecule has 0 aliphatic heterocycles. The number of ether oxygens (including phenoxy) is 3. The Morgan fingerprint density at radius 3 is 1.97 bits per heavy atom. The molecule has 0 aliphatic carbocycles. The number of hydrogen-bond acceptors (Lipinski definition) is 5. The first-order chi connectivity index (χ1) is 17.1. The van der Waals surface area contributed by atoms with Crippen molar-refractivity contribution in [2.24, 2.45) is 0 Å². The summed E-state index contributed by atoms with van der Waals surface area (Å²) in [7, 11) is 0. The monoisotopic (exact) mass is 486 g/mol. The van der Waals surface area contributed by atoms with Gasteiger partial charge in [0.2, 0.25) is 0 Å². The normalized spacial score (nSPS) is 12.0. The topological polar surface area (TPSA) is 68.2 Å². The molecule has 2 aromatic rings. The minimum Gasteiger partial charge on any atom is -0.493 e. The Morgan fingerprint density at radius 1 is 0.714 bits per heavy atom. The van der Waals surface area contributed by atoms with Gasteiger partial charge in [0, 0.05) is 0 Å². The van der Waals surface area contributed by atoms with Gasteiger partial charge in [0.15, 0.2) is 0 Å². The molecule has 0 bridgehead atoms. The lowest BCUT2D eigenvalue weighted by Crippen LogP contribution is -2.21. The molecule has 0 heterocycles. The second-order valence-electron chi connectivity index (χ2n) is 9.29. The molecule has 2 rings (SSSR count). The van der Waals surface area contributed by atoms with Crippen molar-refractivity contribution in [3.63, 3.8) is 0 Å². The third-order valence-electron chi connectivity index (χ3n) is 6.14. The van der Waals surface area contributed by atoms with E-state index in [-0.39, 0.29) is 13.2 Å². The van der Waals surface area contributed by atoms with Crippen LogP contribution in [0.4, 0.5) is 0 Å². The molecule has 0 saturated heterocycles. The fourth-order valence-corrected chi connectivity index (χ4v) is 4.00. The van der Waals surface area contributed by atoms with Gasteiger partial charge >= 0.3 is 0 Å². The maximum Gasteiger partial charge on any atom is 0.122 e. The van der Waals surface area contributed by atoms with Gasteiger partial charge in [-0.2, -0.15) is 0 Å². The third-order valence-corrected chi connectivity index (χ3v) is 6.14. The number of aliphatic hydroxyl groups is 2. The zero-order chi connectivity index (χ0) is 25.1. The Morgan fingerprint density at radius 2 is 1.34 bits per heavy atom. The molecule has 1 unspecified atom stereocenters. The van der Waals surface area contributed by atoms with E-state index in [9.17, 15) is 5.11 Å². The fraction of sp³-hybridized carbons (Fsp3) is 0.600. The Kier molecular flexibility index (Phi) is 15.2. The highest BCUT2D eigenvalue weighted by Crippen LogP contribution is 2.28. The van der Waals surface area contributed by atoms with Crippen LogP contribution in [-0.4, -0.2) is 49.4 Å². The zero-order valence-electron chi connectivity index (χ0n) is 21.8. The molecule has 0 fully saturated rings. The summed E-state index contributed by atoms with van der Waals surface area (Å²) in [6.07, 6.45) is 12.5. The second-order valence-corrected chi connectivity index (χ2v) is 9.29. The summed E-state index contributed by atoms with van der Waals surface area (Å²) in [6, 6.07) is 14.3. The Bertz CT molecular complexity index is 790. The van der Waals surface area contributed by atoms with Gasteiger partial charge in [-0.25, -0.2) is 0 Å². The predicted octanol–water partition coefficient (Wildman–Crippen LogP) is 6.71. The van der Waals surface area contributed by atoms with Gasteiger partial charge in [0.25, 0.3) is 0 Å². The second kappa shape index (κ2) is 18.2. The van der Waals surface area contributed by atoms with Crippen molar-refractivity contribution in [2.45, 2.75) is 84.2 Å². The van der Waals surface area contributed by atoms with E-state index in [2.05, 4.69) is 32.0 Å². The molecule has 0 aliphatic rings. The summed E-state index contributed by atoms with van der Waals surface area (Å²) in [6.45, 7) is 5.71. The third kappa shape index (κ3) is 12.4. The molecule has 0 spiro atoms. The van der Waals surface area contributed by atoms with Gasteiger partial charge in [-0.1, -0.05) is 82.9 Å². The van der Waals surface area contributed by atoms with Crippen LogP contribution in [0.3, 0.4) is 0 Å². The summed E-state index contributed by atoms with van der Waals surface area (Å²) in [5.41, 5.74) is 3.43. The van der Waals surface area contributed by atoms with Crippen molar-refractivity contribution in [3.8, 4) is 22.6 Å². The highest BCUT2D eigenvalue weighted by molar-refractivity contribution is 5.66. The molecule has 2 N–H and O–H groups in total. The van der Waals surface area contributed by atoms with E-state index in [1.54, 1.807) is 0 Å². The summed E-state index contributed by atoms with van der Waals surface area (Å²) in [4.78, 5) is 0. The number of rotatable bonds is 20.